The predicted molar refractivity (Wildman–Crippen MR) is 86.2 cm³/mol. The zero-order chi connectivity index (χ0) is 14.8. The first-order chi connectivity index (χ1) is 10.9. The molecule has 1 aromatic heterocycles. The average molecular weight is 302 g/mol. The molecule has 0 bridgehead atoms. The molecule has 0 radical (unpaired) electrons. The van der Waals surface area contributed by atoms with Gasteiger partial charge in [-0.1, -0.05) is 6.42 Å². The van der Waals surface area contributed by atoms with Gasteiger partial charge in [0.1, 0.15) is 6.10 Å². The highest BCUT2D eigenvalue weighted by Gasteiger charge is 2.33. The Morgan fingerprint density at radius 2 is 1.82 bits per heavy atom. The molecular formula is C17H26N4O. The van der Waals surface area contributed by atoms with E-state index in [0.717, 1.165) is 18.7 Å². The summed E-state index contributed by atoms with van der Waals surface area (Å²) in [5.41, 5.74) is 0. The van der Waals surface area contributed by atoms with Gasteiger partial charge in [-0.25, -0.2) is 9.97 Å². The minimum Gasteiger partial charge on any atom is -0.472 e. The number of aromatic nitrogens is 2. The van der Waals surface area contributed by atoms with Gasteiger partial charge in [0.05, 0.1) is 0 Å². The van der Waals surface area contributed by atoms with E-state index in [1.807, 2.05) is 0 Å². The first kappa shape index (κ1) is 14.2. The molecule has 0 spiro atoms. The number of nitrogens with one attached hydrogen (secondary N) is 1. The topological polar surface area (TPSA) is 50.3 Å². The van der Waals surface area contributed by atoms with E-state index < -0.39 is 0 Å². The molecule has 4 rings (SSSR count). The number of nitrogens with zero attached hydrogens (tertiary/aromatic N) is 3. The highest BCUT2D eigenvalue weighted by molar-refractivity contribution is 5.46. The third-order valence-electron chi connectivity index (χ3n) is 5.41. The maximum Gasteiger partial charge on any atom is 0.257 e. The molecule has 1 aliphatic carbocycles. The Morgan fingerprint density at radius 3 is 2.68 bits per heavy atom. The maximum absolute atomic E-state index is 6.01. The number of anilines is 1. The Bertz CT molecular complexity index is 503. The molecule has 0 aromatic carbocycles. The van der Waals surface area contributed by atoms with E-state index >= 15 is 0 Å². The summed E-state index contributed by atoms with van der Waals surface area (Å²) in [6, 6.07) is 1.13. The van der Waals surface area contributed by atoms with E-state index in [1.165, 1.54) is 51.6 Å². The Labute approximate surface area is 132 Å². The summed E-state index contributed by atoms with van der Waals surface area (Å²) in [5, 5.41) is 3.66. The van der Waals surface area contributed by atoms with Crippen LogP contribution in [0.25, 0.3) is 0 Å². The average Bonchev–Trinajstić information content (AvgIpc) is 2.53. The number of fused-ring (bicyclic) bond motifs is 1. The summed E-state index contributed by atoms with van der Waals surface area (Å²) in [4.78, 5) is 11.6. The minimum atomic E-state index is 0.342. The van der Waals surface area contributed by atoms with Crippen molar-refractivity contribution in [2.45, 2.75) is 69.6 Å². The standard InChI is InChI=1S/C17H26N4O/c1-2-11-21-12-4-7-14(15(21)8-1)20-16-17(19-10-9-18-16)22-13-5-3-6-13/h9-10,13-15H,1-8,11-12H2,(H,18,20). The van der Waals surface area contributed by atoms with E-state index in [1.54, 1.807) is 12.4 Å². The van der Waals surface area contributed by atoms with Crippen molar-refractivity contribution in [3.8, 4) is 5.88 Å². The molecule has 2 unspecified atom stereocenters. The van der Waals surface area contributed by atoms with Crippen LogP contribution in [-0.2, 0) is 0 Å². The number of hydrogen-bond donors (Lipinski definition) is 1. The van der Waals surface area contributed by atoms with Gasteiger partial charge in [-0.05, 0) is 58.0 Å². The third-order valence-corrected chi connectivity index (χ3v) is 5.41. The Morgan fingerprint density at radius 1 is 0.955 bits per heavy atom. The van der Waals surface area contributed by atoms with Crippen LogP contribution in [0.1, 0.15) is 51.4 Å². The van der Waals surface area contributed by atoms with Crippen LogP contribution in [0.15, 0.2) is 12.4 Å². The molecule has 5 heteroatoms. The fraction of sp³-hybridized carbons (Fsp3) is 0.765. The van der Waals surface area contributed by atoms with E-state index in [9.17, 15) is 0 Å². The molecule has 0 amide bonds. The number of piperidine rings is 2. The van der Waals surface area contributed by atoms with Crippen LogP contribution in [0.5, 0.6) is 5.88 Å². The predicted octanol–water partition coefficient (Wildman–Crippen LogP) is 2.84. The van der Waals surface area contributed by atoms with E-state index in [0.29, 0.717) is 24.1 Å². The molecule has 3 aliphatic rings. The molecule has 2 atom stereocenters. The zero-order valence-corrected chi connectivity index (χ0v) is 13.2. The molecule has 120 valence electrons. The van der Waals surface area contributed by atoms with Gasteiger partial charge in [-0.2, -0.15) is 0 Å². The van der Waals surface area contributed by atoms with Crippen LogP contribution in [0.4, 0.5) is 5.82 Å². The van der Waals surface area contributed by atoms with Crippen molar-refractivity contribution in [2.75, 3.05) is 18.4 Å². The molecule has 1 aromatic rings. The second kappa shape index (κ2) is 6.41. The van der Waals surface area contributed by atoms with Crippen molar-refractivity contribution in [2.24, 2.45) is 0 Å². The van der Waals surface area contributed by atoms with Gasteiger partial charge in [-0.15, -0.1) is 0 Å². The zero-order valence-electron chi connectivity index (χ0n) is 13.2. The fourth-order valence-corrected chi connectivity index (χ4v) is 3.96. The van der Waals surface area contributed by atoms with Crippen LogP contribution in [-0.4, -0.2) is 46.1 Å². The van der Waals surface area contributed by atoms with Gasteiger partial charge in [0.2, 0.25) is 0 Å². The number of ether oxygens (including phenoxy) is 1. The van der Waals surface area contributed by atoms with Gasteiger partial charge in [-0.3, -0.25) is 4.90 Å². The molecule has 1 N–H and O–H groups in total. The molecule has 3 fully saturated rings. The highest BCUT2D eigenvalue weighted by atomic mass is 16.5. The van der Waals surface area contributed by atoms with Crippen LogP contribution < -0.4 is 10.1 Å². The Kier molecular flexibility index (Phi) is 4.15. The molecule has 3 heterocycles. The largest absolute Gasteiger partial charge is 0.472 e. The lowest BCUT2D eigenvalue weighted by Gasteiger charge is -2.44. The lowest BCUT2D eigenvalue weighted by Crippen LogP contribution is -2.53. The second-order valence-corrected chi connectivity index (χ2v) is 6.87. The van der Waals surface area contributed by atoms with E-state index in [-0.39, 0.29) is 0 Å². The lowest BCUT2D eigenvalue weighted by atomic mass is 9.89. The Hall–Kier alpha value is -1.36. The lowest BCUT2D eigenvalue weighted by molar-refractivity contribution is 0.0963. The minimum absolute atomic E-state index is 0.342. The molecule has 1 saturated carbocycles. The first-order valence-corrected chi connectivity index (χ1v) is 8.88. The van der Waals surface area contributed by atoms with Crippen molar-refractivity contribution >= 4 is 5.82 Å². The molecule has 22 heavy (non-hydrogen) atoms. The Balaban J connectivity index is 1.47. The number of rotatable bonds is 4. The highest BCUT2D eigenvalue weighted by Crippen LogP contribution is 2.31. The normalized spacial score (nSPS) is 29.5. The SMILES string of the molecule is c1cnc(OC2CCC2)c(NC2CCCN3CCCCC23)n1. The smallest absolute Gasteiger partial charge is 0.257 e. The maximum atomic E-state index is 6.01. The summed E-state index contributed by atoms with van der Waals surface area (Å²) >= 11 is 0. The molecule has 2 saturated heterocycles. The first-order valence-electron chi connectivity index (χ1n) is 8.88. The second-order valence-electron chi connectivity index (χ2n) is 6.87. The summed E-state index contributed by atoms with van der Waals surface area (Å²) < 4.78 is 6.01. The third kappa shape index (κ3) is 2.91. The summed E-state index contributed by atoms with van der Waals surface area (Å²) in [7, 11) is 0. The summed E-state index contributed by atoms with van der Waals surface area (Å²) in [6.45, 7) is 2.52. The van der Waals surface area contributed by atoms with Gasteiger partial charge in [0.15, 0.2) is 5.82 Å². The van der Waals surface area contributed by atoms with Crippen molar-refractivity contribution < 1.29 is 4.74 Å². The summed E-state index contributed by atoms with van der Waals surface area (Å²) in [5.74, 6) is 1.53. The van der Waals surface area contributed by atoms with E-state index in [2.05, 4.69) is 20.2 Å². The monoisotopic (exact) mass is 302 g/mol. The van der Waals surface area contributed by atoms with Crippen molar-refractivity contribution in [1.82, 2.24) is 14.9 Å². The van der Waals surface area contributed by atoms with Crippen LogP contribution in [0.2, 0.25) is 0 Å². The van der Waals surface area contributed by atoms with Crippen LogP contribution >= 0.6 is 0 Å². The van der Waals surface area contributed by atoms with Crippen LogP contribution in [0.3, 0.4) is 0 Å². The van der Waals surface area contributed by atoms with Gasteiger partial charge in [0, 0.05) is 24.5 Å². The van der Waals surface area contributed by atoms with Gasteiger partial charge >= 0.3 is 0 Å². The summed E-state index contributed by atoms with van der Waals surface area (Å²) in [6.07, 6.45) is 13.9. The van der Waals surface area contributed by atoms with Crippen molar-refractivity contribution in [3.05, 3.63) is 12.4 Å². The van der Waals surface area contributed by atoms with E-state index in [4.69, 9.17) is 4.74 Å². The number of hydrogen-bond acceptors (Lipinski definition) is 5. The van der Waals surface area contributed by atoms with Crippen LogP contribution in [0, 0.1) is 0 Å². The van der Waals surface area contributed by atoms with Crippen molar-refractivity contribution in [1.29, 1.82) is 0 Å². The van der Waals surface area contributed by atoms with Gasteiger partial charge in [0.25, 0.3) is 5.88 Å². The van der Waals surface area contributed by atoms with Crippen molar-refractivity contribution in [3.63, 3.8) is 0 Å². The molecule has 2 aliphatic heterocycles. The van der Waals surface area contributed by atoms with Gasteiger partial charge < -0.3 is 10.1 Å². The molecule has 5 nitrogen and oxygen atoms in total. The fourth-order valence-electron chi connectivity index (χ4n) is 3.96. The molecular weight excluding hydrogens is 276 g/mol. The quantitative estimate of drug-likeness (QED) is 0.927.